The molecule has 0 aromatic heterocycles. The third-order valence-corrected chi connectivity index (χ3v) is 3.43. The second-order valence-electron chi connectivity index (χ2n) is 4.60. The number of hydrogen-bond donors (Lipinski definition) is 0. The number of morpholine rings is 1. The Kier molecular flexibility index (Phi) is 4.52. The lowest BCUT2D eigenvalue weighted by Gasteiger charge is -2.31. The van der Waals surface area contributed by atoms with Crippen molar-refractivity contribution in [3.63, 3.8) is 0 Å². The van der Waals surface area contributed by atoms with Crippen LogP contribution in [-0.2, 0) is 4.74 Å². The van der Waals surface area contributed by atoms with E-state index in [0.717, 1.165) is 26.3 Å². The van der Waals surface area contributed by atoms with E-state index in [4.69, 9.17) is 4.74 Å². The molecule has 0 saturated carbocycles. The van der Waals surface area contributed by atoms with E-state index >= 15 is 0 Å². The van der Waals surface area contributed by atoms with Gasteiger partial charge in [-0.05, 0) is 25.7 Å². The van der Waals surface area contributed by atoms with Crippen LogP contribution < -0.4 is 0 Å². The Labute approximate surface area is 93.3 Å². The van der Waals surface area contributed by atoms with E-state index in [2.05, 4.69) is 11.0 Å². The van der Waals surface area contributed by atoms with Gasteiger partial charge in [0.15, 0.2) is 0 Å². The number of ether oxygens (including phenoxy) is 1. The van der Waals surface area contributed by atoms with Gasteiger partial charge >= 0.3 is 0 Å². The minimum atomic E-state index is 0.914. The first kappa shape index (κ1) is 11.0. The first-order valence-corrected chi connectivity index (χ1v) is 6.48. The molecule has 2 aliphatic rings. The van der Waals surface area contributed by atoms with Gasteiger partial charge in [-0.3, -0.25) is 0 Å². The van der Waals surface area contributed by atoms with E-state index in [0.29, 0.717) is 0 Å². The van der Waals surface area contributed by atoms with Crippen LogP contribution in [0.1, 0.15) is 44.9 Å². The van der Waals surface area contributed by atoms with E-state index in [1.807, 2.05) is 0 Å². The predicted octanol–water partition coefficient (Wildman–Crippen LogP) is 2.95. The normalized spacial score (nSPS) is 28.5. The summed E-state index contributed by atoms with van der Waals surface area (Å²) >= 11 is 0. The maximum Gasteiger partial charge on any atom is 0.0642 e. The fraction of sp³-hybridized carbons (Fsp3) is 0.846. The minimum absolute atomic E-state index is 0.914. The molecule has 0 radical (unpaired) electrons. The van der Waals surface area contributed by atoms with Crippen LogP contribution in [0, 0.1) is 0 Å². The van der Waals surface area contributed by atoms with Gasteiger partial charge in [0, 0.05) is 18.8 Å². The number of rotatable bonds is 1. The molecular weight excluding hydrogens is 186 g/mol. The molecule has 1 heterocycles. The molecule has 0 bridgehead atoms. The van der Waals surface area contributed by atoms with Crippen LogP contribution in [0.15, 0.2) is 11.8 Å². The third kappa shape index (κ3) is 3.53. The van der Waals surface area contributed by atoms with Gasteiger partial charge in [-0.1, -0.05) is 25.3 Å². The molecule has 1 aliphatic heterocycles. The van der Waals surface area contributed by atoms with Gasteiger partial charge in [0.25, 0.3) is 0 Å². The minimum Gasteiger partial charge on any atom is -0.378 e. The van der Waals surface area contributed by atoms with Crippen LogP contribution in [0.5, 0.6) is 0 Å². The van der Waals surface area contributed by atoms with Crippen molar-refractivity contribution in [3.05, 3.63) is 11.8 Å². The zero-order valence-electron chi connectivity index (χ0n) is 9.71. The quantitative estimate of drug-likeness (QED) is 0.658. The molecule has 1 fully saturated rings. The Bertz CT molecular complexity index is 207. The molecule has 86 valence electrons. The first-order valence-electron chi connectivity index (χ1n) is 6.48. The van der Waals surface area contributed by atoms with E-state index in [-0.39, 0.29) is 0 Å². The van der Waals surface area contributed by atoms with Gasteiger partial charge in [-0.15, -0.1) is 0 Å². The molecule has 2 nitrogen and oxygen atoms in total. The first-order chi connectivity index (χ1) is 7.47. The van der Waals surface area contributed by atoms with Crippen molar-refractivity contribution in [1.82, 2.24) is 4.90 Å². The van der Waals surface area contributed by atoms with Gasteiger partial charge in [0.2, 0.25) is 0 Å². The molecule has 1 aliphatic carbocycles. The summed E-state index contributed by atoms with van der Waals surface area (Å²) in [6, 6.07) is 0. The van der Waals surface area contributed by atoms with Crippen molar-refractivity contribution in [2.24, 2.45) is 0 Å². The highest BCUT2D eigenvalue weighted by molar-refractivity contribution is 5.02. The lowest BCUT2D eigenvalue weighted by Crippen LogP contribution is -2.35. The summed E-state index contributed by atoms with van der Waals surface area (Å²) < 4.78 is 5.40. The van der Waals surface area contributed by atoms with Crippen LogP contribution in [0.2, 0.25) is 0 Å². The summed E-state index contributed by atoms with van der Waals surface area (Å²) in [5.41, 5.74) is 1.60. The summed E-state index contributed by atoms with van der Waals surface area (Å²) in [4.78, 5) is 2.54. The van der Waals surface area contributed by atoms with Crippen LogP contribution in [-0.4, -0.2) is 31.2 Å². The molecule has 2 rings (SSSR count). The molecule has 0 atom stereocenters. The van der Waals surface area contributed by atoms with Crippen LogP contribution in [0.25, 0.3) is 0 Å². The van der Waals surface area contributed by atoms with Crippen molar-refractivity contribution in [2.45, 2.75) is 44.9 Å². The zero-order chi connectivity index (χ0) is 10.3. The molecule has 0 aromatic rings. The van der Waals surface area contributed by atoms with E-state index in [1.54, 1.807) is 5.70 Å². The van der Waals surface area contributed by atoms with Gasteiger partial charge in [-0.2, -0.15) is 0 Å². The average molecular weight is 209 g/mol. The van der Waals surface area contributed by atoms with Gasteiger partial charge in [0.1, 0.15) is 0 Å². The predicted molar refractivity (Wildman–Crippen MR) is 62.8 cm³/mol. The van der Waals surface area contributed by atoms with E-state index in [9.17, 15) is 0 Å². The standard InChI is InChI=1S/C13H23NO/c1-2-4-6-8-13(7-5-3-1)14-9-11-15-12-10-14/h7H,1-6,8-12H2/b13-7+. The fourth-order valence-corrected chi connectivity index (χ4v) is 2.49. The monoisotopic (exact) mass is 209 g/mol. The summed E-state index contributed by atoms with van der Waals surface area (Å²) in [6.45, 7) is 4.03. The van der Waals surface area contributed by atoms with Crippen LogP contribution in [0.4, 0.5) is 0 Å². The molecule has 1 saturated heterocycles. The Morgan fingerprint density at radius 1 is 0.933 bits per heavy atom. The lowest BCUT2D eigenvalue weighted by atomic mass is 10.1. The molecule has 2 heteroatoms. The molecule has 0 spiro atoms. The van der Waals surface area contributed by atoms with Crippen molar-refractivity contribution in [1.29, 1.82) is 0 Å². The Hall–Kier alpha value is -0.500. The van der Waals surface area contributed by atoms with Crippen molar-refractivity contribution >= 4 is 0 Å². The molecular formula is C13H23NO. The average Bonchev–Trinajstić information content (AvgIpc) is 2.43. The molecule has 0 aromatic carbocycles. The molecule has 15 heavy (non-hydrogen) atoms. The molecule has 0 N–H and O–H groups in total. The fourth-order valence-electron chi connectivity index (χ4n) is 2.49. The summed E-state index contributed by atoms with van der Waals surface area (Å²) in [7, 11) is 0. The zero-order valence-corrected chi connectivity index (χ0v) is 9.71. The van der Waals surface area contributed by atoms with Crippen LogP contribution in [0.3, 0.4) is 0 Å². The van der Waals surface area contributed by atoms with Gasteiger partial charge in [-0.25, -0.2) is 0 Å². The van der Waals surface area contributed by atoms with Gasteiger partial charge in [0.05, 0.1) is 13.2 Å². The van der Waals surface area contributed by atoms with E-state index < -0.39 is 0 Å². The highest BCUT2D eigenvalue weighted by Crippen LogP contribution is 2.20. The number of hydrogen-bond acceptors (Lipinski definition) is 2. The summed E-state index contributed by atoms with van der Waals surface area (Å²) in [5, 5.41) is 0. The number of nitrogens with zero attached hydrogens (tertiary/aromatic N) is 1. The second-order valence-corrected chi connectivity index (χ2v) is 4.60. The summed E-state index contributed by atoms with van der Waals surface area (Å²) in [6.07, 6.45) is 12.1. The Morgan fingerprint density at radius 3 is 2.53 bits per heavy atom. The highest BCUT2D eigenvalue weighted by atomic mass is 16.5. The maximum atomic E-state index is 5.40. The summed E-state index contributed by atoms with van der Waals surface area (Å²) in [5.74, 6) is 0. The highest BCUT2D eigenvalue weighted by Gasteiger charge is 2.13. The maximum absolute atomic E-state index is 5.40. The molecule has 0 unspecified atom stereocenters. The van der Waals surface area contributed by atoms with Crippen molar-refractivity contribution in [3.8, 4) is 0 Å². The number of allylic oxidation sites excluding steroid dienone is 2. The second kappa shape index (κ2) is 6.16. The Morgan fingerprint density at radius 2 is 1.67 bits per heavy atom. The topological polar surface area (TPSA) is 12.5 Å². The molecule has 0 amide bonds. The van der Waals surface area contributed by atoms with Gasteiger partial charge < -0.3 is 9.64 Å². The van der Waals surface area contributed by atoms with Crippen molar-refractivity contribution < 1.29 is 4.74 Å². The smallest absolute Gasteiger partial charge is 0.0642 e. The SMILES string of the molecule is C1=C(/N2CCOCC2)CCCCCCC/1. The van der Waals surface area contributed by atoms with E-state index in [1.165, 1.54) is 44.9 Å². The largest absolute Gasteiger partial charge is 0.378 e. The Balaban J connectivity index is 1.90. The lowest BCUT2D eigenvalue weighted by molar-refractivity contribution is 0.0518. The van der Waals surface area contributed by atoms with Crippen LogP contribution >= 0.6 is 0 Å². The van der Waals surface area contributed by atoms with Crippen molar-refractivity contribution in [2.75, 3.05) is 26.3 Å². The third-order valence-electron chi connectivity index (χ3n) is 3.43.